The Morgan fingerprint density at radius 3 is 1.95 bits per heavy atom. The second kappa shape index (κ2) is 11.8. The number of rotatable bonds is 10. The molecule has 0 aliphatic carbocycles. The van der Waals surface area contributed by atoms with Gasteiger partial charge in [-0.15, -0.1) is 0 Å². The quantitative estimate of drug-likeness (QED) is 0.0935. The second-order valence-corrected chi connectivity index (χ2v) is 12.5. The third kappa shape index (κ3) is 6.96. The Kier molecular flexibility index (Phi) is 8.46. The first-order valence-electron chi connectivity index (χ1n) is 13.5. The number of nitrogens with zero attached hydrogens (tertiary/aromatic N) is 2. The SMILES string of the molecule is CC(C)(O)O[C@@H](c1ncc(-c2ccc(-c3ccc(-c4cnc([C@@H]5OC(C)(C)O[C@H]5C(N)=O)[nH]4)cc3)cc2)[nH]1)[C@@H](I)C(N)=O. The highest BCUT2D eigenvalue weighted by Crippen LogP contribution is 2.38. The molecule has 2 aromatic carbocycles. The number of ether oxygens (including phenoxy) is 3. The summed E-state index contributed by atoms with van der Waals surface area (Å²) in [5, 5.41) is 10.2. The van der Waals surface area contributed by atoms with Crippen LogP contribution in [0.5, 0.6) is 0 Å². The minimum absolute atomic E-state index is 0.387. The molecule has 2 amide bonds. The zero-order valence-corrected chi connectivity index (χ0v) is 26.2. The van der Waals surface area contributed by atoms with E-state index in [0.717, 1.165) is 33.6 Å². The Hall–Kier alpha value is -3.63. The van der Waals surface area contributed by atoms with Crippen LogP contribution >= 0.6 is 22.6 Å². The van der Waals surface area contributed by atoms with Gasteiger partial charge in [0.2, 0.25) is 11.8 Å². The van der Waals surface area contributed by atoms with Gasteiger partial charge in [-0.2, -0.15) is 0 Å². The summed E-state index contributed by atoms with van der Waals surface area (Å²) in [4.78, 5) is 39.0. The number of aliphatic hydroxyl groups is 1. The summed E-state index contributed by atoms with van der Waals surface area (Å²) >= 11 is 1.89. The maximum atomic E-state index is 11.9. The fourth-order valence-electron chi connectivity index (χ4n) is 4.82. The van der Waals surface area contributed by atoms with Gasteiger partial charge in [0.1, 0.15) is 21.7 Å². The molecule has 3 heterocycles. The molecule has 4 atom stereocenters. The van der Waals surface area contributed by atoms with Crippen LogP contribution in [-0.4, -0.2) is 58.5 Å². The minimum atomic E-state index is -1.49. The van der Waals surface area contributed by atoms with Crippen molar-refractivity contribution in [1.29, 1.82) is 0 Å². The van der Waals surface area contributed by atoms with E-state index >= 15 is 0 Å². The summed E-state index contributed by atoms with van der Waals surface area (Å²) in [5.74, 6) is -2.78. The maximum Gasteiger partial charge on any atom is 0.249 e. The van der Waals surface area contributed by atoms with Gasteiger partial charge in [0.05, 0.1) is 23.8 Å². The number of hydrogen-bond acceptors (Lipinski definition) is 8. The molecule has 0 saturated carbocycles. The van der Waals surface area contributed by atoms with Crippen LogP contribution in [0.2, 0.25) is 0 Å². The van der Waals surface area contributed by atoms with Gasteiger partial charge in [-0.05, 0) is 49.9 Å². The molecular weight excluding hydrogens is 667 g/mol. The van der Waals surface area contributed by atoms with E-state index in [1.54, 1.807) is 26.2 Å². The largest absolute Gasteiger partial charge is 0.369 e. The zero-order valence-electron chi connectivity index (χ0n) is 24.0. The van der Waals surface area contributed by atoms with Crippen LogP contribution in [-0.2, 0) is 23.8 Å². The normalized spacial score (nSPS) is 19.7. The topological polar surface area (TPSA) is 191 Å². The molecular formula is C30H33IN6O6. The third-order valence-electron chi connectivity index (χ3n) is 6.79. The fraction of sp³-hybridized carbons (Fsp3) is 0.333. The minimum Gasteiger partial charge on any atom is -0.369 e. The first kappa shape index (κ1) is 30.8. The van der Waals surface area contributed by atoms with Crippen LogP contribution in [0.25, 0.3) is 33.6 Å². The number of amides is 2. The number of halogens is 1. The number of nitrogens with one attached hydrogen (secondary N) is 2. The molecule has 43 heavy (non-hydrogen) atoms. The monoisotopic (exact) mass is 700 g/mol. The molecule has 0 unspecified atom stereocenters. The van der Waals surface area contributed by atoms with Crippen LogP contribution in [0.1, 0.15) is 51.6 Å². The Labute approximate surface area is 261 Å². The van der Waals surface area contributed by atoms with Crippen molar-refractivity contribution in [1.82, 2.24) is 19.9 Å². The van der Waals surface area contributed by atoms with E-state index in [2.05, 4.69) is 19.9 Å². The molecule has 7 N–H and O–H groups in total. The first-order valence-corrected chi connectivity index (χ1v) is 14.7. The number of hydrogen-bond donors (Lipinski definition) is 5. The van der Waals surface area contributed by atoms with E-state index < -0.39 is 45.6 Å². The number of aromatic nitrogens is 4. The number of carbonyl (C=O) groups excluding carboxylic acids is 2. The van der Waals surface area contributed by atoms with E-state index in [1.807, 2.05) is 71.1 Å². The van der Waals surface area contributed by atoms with Crippen molar-refractivity contribution in [3.8, 4) is 33.6 Å². The summed E-state index contributed by atoms with van der Waals surface area (Å²) in [7, 11) is 0. The van der Waals surface area contributed by atoms with Crippen molar-refractivity contribution < 1.29 is 28.9 Å². The molecule has 1 saturated heterocycles. The lowest BCUT2D eigenvalue weighted by Gasteiger charge is -2.27. The predicted molar refractivity (Wildman–Crippen MR) is 166 cm³/mol. The predicted octanol–water partition coefficient (Wildman–Crippen LogP) is 3.89. The zero-order chi connectivity index (χ0) is 31.1. The highest BCUT2D eigenvalue weighted by molar-refractivity contribution is 14.1. The molecule has 2 aromatic heterocycles. The number of alkyl halides is 1. The smallest absolute Gasteiger partial charge is 0.249 e. The van der Waals surface area contributed by atoms with E-state index in [1.165, 1.54) is 13.8 Å². The molecule has 0 bridgehead atoms. The van der Waals surface area contributed by atoms with Crippen molar-refractivity contribution in [2.75, 3.05) is 0 Å². The van der Waals surface area contributed by atoms with Gasteiger partial charge in [0.15, 0.2) is 23.8 Å². The molecule has 1 aliphatic heterocycles. The summed E-state index contributed by atoms with van der Waals surface area (Å²) in [6, 6.07) is 15.9. The van der Waals surface area contributed by atoms with Crippen molar-refractivity contribution in [3.63, 3.8) is 0 Å². The number of primary amides is 2. The molecule has 226 valence electrons. The van der Waals surface area contributed by atoms with Gasteiger partial charge in [-0.1, -0.05) is 71.1 Å². The summed E-state index contributed by atoms with van der Waals surface area (Å²) in [6.45, 7) is 6.41. The molecule has 12 nitrogen and oxygen atoms in total. The second-order valence-electron chi connectivity index (χ2n) is 11.2. The van der Waals surface area contributed by atoms with Crippen molar-refractivity contribution in [2.24, 2.45) is 11.5 Å². The third-order valence-corrected chi connectivity index (χ3v) is 8.05. The number of nitrogens with two attached hydrogens (primary N) is 2. The highest BCUT2D eigenvalue weighted by atomic mass is 127. The lowest BCUT2D eigenvalue weighted by Crippen LogP contribution is -2.36. The lowest BCUT2D eigenvalue weighted by molar-refractivity contribution is -0.208. The van der Waals surface area contributed by atoms with Gasteiger partial charge in [0.25, 0.3) is 0 Å². The Balaban J connectivity index is 1.30. The standard InChI is InChI=1S/C30H33IN6O6/c1-29(2,40)41-22(21(31)25(32)38)27-34-13-19(36-27)17-9-5-15(6-10-17)16-7-11-18(12-8-16)20-14-35-28(37-20)24-23(26(33)39)42-30(3,4)43-24/h5-14,21-24,40H,1-4H3,(H2,32,38)(H2,33,39)(H,34,36)(H,35,37)/t21-,22-,23-,24-/m1/s1. The Bertz CT molecular complexity index is 1610. The highest BCUT2D eigenvalue weighted by Gasteiger charge is 2.46. The average molecular weight is 701 g/mol. The van der Waals surface area contributed by atoms with Gasteiger partial charge in [-0.25, -0.2) is 9.97 Å². The average Bonchev–Trinajstić information content (AvgIpc) is 3.70. The van der Waals surface area contributed by atoms with Crippen molar-refractivity contribution in [2.45, 2.75) is 61.5 Å². The summed E-state index contributed by atoms with van der Waals surface area (Å²) in [5.41, 5.74) is 16.3. The number of benzene rings is 2. The number of H-pyrrole nitrogens is 2. The Morgan fingerprint density at radius 1 is 0.930 bits per heavy atom. The molecule has 5 rings (SSSR count). The summed E-state index contributed by atoms with van der Waals surface area (Å²) < 4.78 is 16.5. The van der Waals surface area contributed by atoms with E-state index in [9.17, 15) is 14.7 Å². The van der Waals surface area contributed by atoms with Crippen LogP contribution in [0.15, 0.2) is 60.9 Å². The molecule has 1 fully saturated rings. The Morgan fingerprint density at radius 2 is 1.44 bits per heavy atom. The number of imidazole rings is 2. The van der Waals surface area contributed by atoms with E-state index in [0.29, 0.717) is 11.6 Å². The number of aromatic amines is 2. The molecule has 4 aromatic rings. The van der Waals surface area contributed by atoms with E-state index in [-0.39, 0.29) is 0 Å². The fourth-order valence-corrected chi connectivity index (χ4v) is 5.31. The maximum absolute atomic E-state index is 11.9. The molecule has 13 heteroatoms. The number of carbonyl (C=O) groups is 2. The van der Waals surface area contributed by atoms with Gasteiger partial charge in [-0.3, -0.25) is 9.59 Å². The lowest BCUT2D eigenvalue weighted by atomic mass is 10.0. The van der Waals surface area contributed by atoms with Crippen LogP contribution < -0.4 is 11.5 Å². The van der Waals surface area contributed by atoms with Crippen LogP contribution in [0.4, 0.5) is 0 Å². The van der Waals surface area contributed by atoms with E-state index in [4.69, 9.17) is 25.7 Å². The molecule has 0 radical (unpaired) electrons. The van der Waals surface area contributed by atoms with Crippen molar-refractivity contribution in [3.05, 3.63) is 72.6 Å². The first-order chi connectivity index (χ1) is 20.2. The molecule has 1 aliphatic rings. The van der Waals surface area contributed by atoms with Gasteiger partial charge >= 0.3 is 0 Å². The summed E-state index contributed by atoms with van der Waals surface area (Å²) in [6.07, 6.45) is 0.819. The molecule has 0 spiro atoms. The van der Waals surface area contributed by atoms with Crippen molar-refractivity contribution >= 4 is 34.4 Å². The van der Waals surface area contributed by atoms with Crippen LogP contribution in [0, 0.1) is 0 Å². The van der Waals surface area contributed by atoms with Gasteiger partial charge < -0.3 is 40.8 Å². The van der Waals surface area contributed by atoms with Crippen LogP contribution in [0.3, 0.4) is 0 Å². The van der Waals surface area contributed by atoms with Gasteiger partial charge in [0, 0.05) is 0 Å².